The van der Waals surface area contributed by atoms with Crippen molar-refractivity contribution in [3.8, 4) is 0 Å². The average molecular weight is 207 g/mol. The average Bonchev–Trinajstić information content (AvgIpc) is 2.31. The van der Waals surface area contributed by atoms with E-state index in [9.17, 15) is 0 Å². The van der Waals surface area contributed by atoms with Crippen molar-refractivity contribution in [2.24, 2.45) is 5.73 Å². The molecule has 1 aromatic rings. The fraction of sp³-hybridized carbons (Fsp3) is 0.500. The Labute approximate surface area is 90.2 Å². The number of benzene rings is 1. The molecule has 0 aromatic heterocycles. The highest BCUT2D eigenvalue weighted by atomic mass is 16.7. The van der Waals surface area contributed by atoms with Crippen molar-refractivity contribution >= 4 is 0 Å². The van der Waals surface area contributed by atoms with E-state index in [0.29, 0.717) is 6.54 Å². The fourth-order valence-electron chi connectivity index (χ4n) is 1.77. The molecule has 1 aliphatic rings. The van der Waals surface area contributed by atoms with Crippen LogP contribution in [-0.2, 0) is 9.47 Å². The van der Waals surface area contributed by atoms with E-state index in [-0.39, 0.29) is 12.4 Å². The van der Waals surface area contributed by atoms with Crippen LogP contribution in [0.2, 0.25) is 0 Å². The number of rotatable bonds is 3. The molecule has 82 valence electrons. The first-order valence-corrected chi connectivity index (χ1v) is 5.42. The van der Waals surface area contributed by atoms with Crippen LogP contribution in [0.25, 0.3) is 0 Å². The molecule has 1 fully saturated rings. The quantitative estimate of drug-likeness (QED) is 0.822. The SMILES string of the molecule is NCC[C@@H]1CCO[C@H](c2ccccc2)O1. The maximum Gasteiger partial charge on any atom is 0.184 e. The zero-order valence-corrected chi connectivity index (χ0v) is 8.76. The Kier molecular flexibility index (Phi) is 3.72. The summed E-state index contributed by atoms with van der Waals surface area (Å²) in [5.41, 5.74) is 6.61. The molecule has 1 saturated heterocycles. The van der Waals surface area contributed by atoms with Gasteiger partial charge in [-0.25, -0.2) is 0 Å². The molecule has 0 radical (unpaired) electrons. The van der Waals surface area contributed by atoms with Crippen molar-refractivity contribution in [2.75, 3.05) is 13.2 Å². The van der Waals surface area contributed by atoms with Gasteiger partial charge in [-0.3, -0.25) is 0 Å². The predicted octanol–water partition coefficient (Wildman–Crippen LogP) is 1.84. The van der Waals surface area contributed by atoms with Gasteiger partial charge < -0.3 is 15.2 Å². The Hall–Kier alpha value is -0.900. The highest BCUT2D eigenvalue weighted by Crippen LogP contribution is 2.26. The van der Waals surface area contributed by atoms with Crippen LogP contribution in [0.3, 0.4) is 0 Å². The second kappa shape index (κ2) is 5.26. The van der Waals surface area contributed by atoms with E-state index >= 15 is 0 Å². The third-order valence-electron chi connectivity index (χ3n) is 2.59. The number of ether oxygens (including phenoxy) is 2. The van der Waals surface area contributed by atoms with Gasteiger partial charge >= 0.3 is 0 Å². The van der Waals surface area contributed by atoms with Gasteiger partial charge in [0.15, 0.2) is 6.29 Å². The molecule has 0 saturated carbocycles. The maximum absolute atomic E-state index is 5.81. The molecule has 0 unspecified atom stereocenters. The van der Waals surface area contributed by atoms with Crippen molar-refractivity contribution in [1.29, 1.82) is 0 Å². The summed E-state index contributed by atoms with van der Waals surface area (Å²) in [6.07, 6.45) is 1.89. The van der Waals surface area contributed by atoms with Crippen molar-refractivity contribution in [1.82, 2.24) is 0 Å². The van der Waals surface area contributed by atoms with E-state index in [1.54, 1.807) is 0 Å². The Morgan fingerprint density at radius 1 is 1.27 bits per heavy atom. The Morgan fingerprint density at radius 2 is 2.07 bits per heavy atom. The molecule has 3 nitrogen and oxygen atoms in total. The number of hydrogen-bond donors (Lipinski definition) is 1. The minimum absolute atomic E-state index is 0.212. The van der Waals surface area contributed by atoms with Crippen LogP contribution in [0.4, 0.5) is 0 Å². The van der Waals surface area contributed by atoms with E-state index in [2.05, 4.69) is 0 Å². The summed E-state index contributed by atoms with van der Waals surface area (Å²) >= 11 is 0. The molecule has 2 N–H and O–H groups in total. The molecule has 2 rings (SSSR count). The van der Waals surface area contributed by atoms with E-state index in [1.807, 2.05) is 30.3 Å². The van der Waals surface area contributed by atoms with Crippen molar-refractivity contribution in [3.05, 3.63) is 35.9 Å². The topological polar surface area (TPSA) is 44.5 Å². The Morgan fingerprint density at radius 3 is 2.80 bits per heavy atom. The summed E-state index contributed by atoms with van der Waals surface area (Å²) in [6, 6.07) is 10.0. The summed E-state index contributed by atoms with van der Waals surface area (Å²) in [7, 11) is 0. The molecule has 1 aliphatic heterocycles. The van der Waals surface area contributed by atoms with Crippen molar-refractivity contribution < 1.29 is 9.47 Å². The van der Waals surface area contributed by atoms with Crippen molar-refractivity contribution in [2.45, 2.75) is 25.2 Å². The van der Waals surface area contributed by atoms with Gasteiger partial charge in [-0.2, -0.15) is 0 Å². The molecule has 2 atom stereocenters. The maximum atomic E-state index is 5.81. The third kappa shape index (κ3) is 2.78. The van der Waals surface area contributed by atoms with E-state index in [0.717, 1.165) is 25.0 Å². The summed E-state index contributed by atoms with van der Waals surface area (Å²) in [6.45, 7) is 1.43. The van der Waals surface area contributed by atoms with Crippen LogP contribution in [0, 0.1) is 0 Å². The van der Waals surface area contributed by atoms with Gasteiger partial charge in [0, 0.05) is 5.56 Å². The molecular weight excluding hydrogens is 190 g/mol. The minimum atomic E-state index is -0.212. The van der Waals surface area contributed by atoms with Gasteiger partial charge in [0.1, 0.15) is 0 Å². The first-order chi connectivity index (χ1) is 7.40. The molecule has 0 aliphatic carbocycles. The molecule has 3 heteroatoms. The summed E-state index contributed by atoms with van der Waals surface area (Å²) < 4.78 is 11.4. The molecule has 15 heavy (non-hydrogen) atoms. The van der Waals surface area contributed by atoms with Gasteiger partial charge in [-0.15, -0.1) is 0 Å². The van der Waals surface area contributed by atoms with E-state index < -0.39 is 0 Å². The molecule has 0 amide bonds. The van der Waals surface area contributed by atoms with E-state index in [1.165, 1.54) is 0 Å². The minimum Gasteiger partial charge on any atom is -0.348 e. The lowest BCUT2D eigenvalue weighted by Crippen LogP contribution is -2.28. The van der Waals surface area contributed by atoms with Gasteiger partial charge in [0.05, 0.1) is 12.7 Å². The van der Waals surface area contributed by atoms with Gasteiger partial charge in [-0.1, -0.05) is 30.3 Å². The predicted molar refractivity (Wildman–Crippen MR) is 58.3 cm³/mol. The summed E-state index contributed by atoms with van der Waals surface area (Å²) in [5, 5.41) is 0. The van der Waals surface area contributed by atoms with Crippen molar-refractivity contribution in [3.63, 3.8) is 0 Å². The molecule has 0 spiro atoms. The van der Waals surface area contributed by atoms with Crippen LogP contribution in [-0.4, -0.2) is 19.3 Å². The van der Waals surface area contributed by atoms with E-state index in [4.69, 9.17) is 15.2 Å². The van der Waals surface area contributed by atoms with Crippen LogP contribution in [0.5, 0.6) is 0 Å². The second-order valence-corrected chi connectivity index (χ2v) is 3.74. The number of hydrogen-bond acceptors (Lipinski definition) is 3. The lowest BCUT2D eigenvalue weighted by molar-refractivity contribution is -0.217. The normalized spacial score (nSPS) is 26.5. The lowest BCUT2D eigenvalue weighted by atomic mass is 10.1. The summed E-state index contributed by atoms with van der Waals surface area (Å²) in [4.78, 5) is 0. The van der Waals surface area contributed by atoms with Crippen LogP contribution < -0.4 is 5.73 Å². The fourth-order valence-corrected chi connectivity index (χ4v) is 1.77. The Bertz CT molecular complexity index is 287. The van der Waals surface area contributed by atoms with Gasteiger partial charge in [-0.05, 0) is 19.4 Å². The molecule has 0 bridgehead atoms. The smallest absolute Gasteiger partial charge is 0.184 e. The van der Waals surface area contributed by atoms with Gasteiger partial charge in [0.25, 0.3) is 0 Å². The Balaban J connectivity index is 1.98. The summed E-state index contributed by atoms with van der Waals surface area (Å²) in [5.74, 6) is 0. The first-order valence-electron chi connectivity index (χ1n) is 5.42. The second-order valence-electron chi connectivity index (χ2n) is 3.74. The molecule has 1 heterocycles. The highest BCUT2D eigenvalue weighted by Gasteiger charge is 2.23. The van der Waals surface area contributed by atoms with Gasteiger partial charge in [0.2, 0.25) is 0 Å². The molecular formula is C12H17NO2. The zero-order valence-electron chi connectivity index (χ0n) is 8.76. The standard InChI is InChI=1S/C12H17NO2/c13-8-6-11-7-9-14-12(15-11)10-4-2-1-3-5-10/h1-5,11-12H,6-9,13H2/t11-,12+/m1/s1. The highest BCUT2D eigenvalue weighted by molar-refractivity contribution is 5.16. The lowest BCUT2D eigenvalue weighted by Gasteiger charge is -2.30. The first kappa shape index (κ1) is 10.6. The largest absolute Gasteiger partial charge is 0.348 e. The van der Waals surface area contributed by atoms with Crippen LogP contribution in [0.1, 0.15) is 24.7 Å². The van der Waals surface area contributed by atoms with Crippen LogP contribution in [0.15, 0.2) is 30.3 Å². The van der Waals surface area contributed by atoms with Crippen LogP contribution >= 0.6 is 0 Å². The molecule has 1 aromatic carbocycles. The third-order valence-corrected chi connectivity index (χ3v) is 2.59. The number of nitrogens with two attached hydrogens (primary N) is 1. The zero-order chi connectivity index (χ0) is 10.5. The monoisotopic (exact) mass is 207 g/mol.